The molecule has 0 bridgehead atoms. The van der Waals surface area contributed by atoms with E-state index in [0.29, 0.717) is 5.78 Å². The Morgan fingerprint density at radius 2 is 2.00 bits per heavy atom. The molecule has 1 atom stereocenters. The summed E-state index contributed by atoms with van der Waals surface area (Å²) in [5.74, 6) is 0.374. The summed E-state index contributed by atoms with van der Waals surface area (Å²) in [5.41, 5.74) is 0.824. The van der Waals surface area contributed by atoms with Gasteiger partial charge in [-0.05, 0) is 64.0 Å². The molecule has 1 saturated heterocycles. The van der Waals surface area contributed by atoms with Crippen molar-refractivity contribution in [2.75, 3.05) is 6.54 Å². The van der Waals surface area contributed by atoms with Crippen molar-refractivity contribution in [1.82, 2.24) is 5.32 Å². The Bertz CT molecular complexity index is 300. The van der Waals surface area contributed by atoms with Crippen LogP contribution in [-0.4, -0.2) is 17.9 Å². The van der Waals surface area contributed by atoms with Crippen LogP contribution in [0.15, 0.2) is 11.6 Å². The van der Waals surface area contributed by atoms with Crippen molar-refractivity contribution in [3.63, 3.8) is 0 Å². The Morgan fingerprint density at radius 3 is 2.76 bits per heavy atom. The third-order valence-electron chi connectivity index (χ3n) is 4.20. The van der Waals surface area contributed by atoms with Gasteiger partial charge in [-0.1, -0.05) is 18.9 Å². The number of nitrogens with one attached hydrogen (secondary N) is 1. The maximum Gasteiger partial charge on any atom is 0.178 e. The molecule has 2 nitrogen and oxygen atoms in total. The van der Waals surface area contributed by atoms with Crippen LogP contribution in [0, 0.1) is 0 Å². The Labute approximate surface area is 105 Å². The zero-order chi connectivity index (χ0) is 12.1. The average molecular weight is 235 g/mol. The minimum Gasteiger partial charge on any atom is -0.305 e. The summed E-state index contributed by atoms with van der Waals surface area (Å²) in [6.07, 6.45) is 12.8. The van der Waals surface area contributed by atoms with Crippen molar-refractivity contribution in [3.05, 3.63) is 11.6 Å². The van der Waals surface area contributed by atoms with Crippen LogP contribution in [0.1, 0.15) is 64.7 Å². The summed E-state index contributed by atoms with van der Waals surface area (Å²) in [5, 5.41) is 3.44. The van der Waals surface area contributed by atoms with Crippen molar-refractivity contribution in [3.8, 4) is 0 Å². The molecule has 1 aliphatic heterocycles. The first-order valence-corrected chi connectivity index (χ1v) is 7.21. The molecule has 1 N–H and O–H groups in total. The zero-order valence-corrected chi connectivity index (χ0v) is 11.1. The van der Waals surface area contributed by atoms with Gasteiger partial charge >= 0.3 is 0 Å². The van der Waals surface area contributed by atoms with E-state index in [2.05, 4.69) is 18.3 Å². The van der Waals surface area contributed by atoms with E-state index in [9.17, 15) is 4.79 Å². The van der Waals surface area contributed by atoms with Gasteiger partial charge in [0.1, 0.15) is 0 Å². The Balaban J connectivity index is 2.06. The second kappa shape index (κ2) is 5.81. The zero-order valence-electron chi connectivity index (χ0n) is 11.1. The minimum absolute atomic E-state index is 0.275. The van der Waals surface area contributed by atoms with Crippen LogP contribution in [0.2, 0.25) is 0 Å². The molecule has 96 valence electrons. The highest BCUT2D eigenvalue weighted by Crippen LogP contribution is 2.27. The predicted molar refractivity (Wildman–Crippen MR) is 71.1 cm³/mol. The molecular weight excluding hydrogens is 210 g/mol. The third-order valence-corrected chi connectivity index (χ3v) is 4.20. The normalized spacial score (nSPS) is 31.2. The lowest BCUT2D eigenvalue weighted by atomic mass is 9.81. The first-order valence-electron chi connectivity index (χ1n) is 7.21. The molecule has 2 heteroatoms. The van der Waals surface area contributed by atoms with Crippen molar-refractivity contribution < 1.29 is 4.79 Å². The van der Waals surface area contributed by atoms with Crippen molar-refractivity contribution in [2.45, 2.75) is 70.3 Å². The van der Waals surface area contributed by atoms with Crippen LogP contribution in [0.5, 0.6) is 0 Å². The SMILES string of the molecule is CC1(C(=O)C2=CCCCCCC2)CCCCN1. The number of ketones is 1. The molecule has 0 amide bonds. The van der Waals surface area contributed by atoms with Gasteiger partial charge in [0.15, 0.2) is 5.78 Å². The number of carbonyl (C=O) groups is 1. The summed E-state index contributed by atoms with van der Waals surface area (Å²) in [6, 6.07) is 0. The van der Waals surface area contributed by atoms with Gasteiger partial charge in [0.05, 0.1) is 5.54 Å². The molecule has 0 radical (unpaired) electrons. The molecule has 0 saturated carbocycles. The van der Waals surface area contributed by atoms with Gasteiger partial charge in [-0.3, -0.25) is 4.79 Å². The van der Waals surface area contributed by atoms with Crippen molar-refractivity contribution in [1.29, 1.82) is 0 Å². The summed E-state index contributed by atoms with van der Waals surface area (Å²) in [6.45, 7) is 3.09. The predicted octanol–water partition coefficient (Wildman–Crippen LogP) is 3.37. The largest absolute Gasteiger partial charge is 0.305 e. The smallest absolute Gasteiger partial charge is 0.178 e. The molecule has 1 unspecified atom stereocenters. The number of piperidine rings is 1. The highest BCUT2D eigenvalue weighted by Gasteiger charge is 2.35. The number of hydrogen-bond acceptors (Lipinski definition) is 2. The van der Waals surface area contributed by atoms with Crippen LogP contribution in [0.4, 0.5) is 0 Å². The van der Waals surface area contributed by atoms with E-state index in [0.717, 1.165) is 31.4 Å². The quantitative estimate of drug-likeness (QED) is 0.795. The molecule has 0 spiro atoms. The van der Waals surface area contributed by atoms with E-state index in [1.54, 1.807) is 0 Å². The standard InChI is InChI=1S/C15H25NO/c1-15(11-7-8-12-16-15)14(17)13-9-5-3-2-4-6-10-13/h9,16H,2-8,10-12H2,1H3. The summed E-state index contributed by atoms with van der Waals surface area (Å²) in [7, 11) is 0. The number of rotatable bonds is 2. The third kappa shape index (κ3) is 3.19. The van der Waals surface area contributed by atoms with Crippen LogP contribution in [0.25, 0.3) is 0 Å². The summed E-state index contributed by atoms with van der Waals surface area (Å²) in [4.78, 5) is 12.6. The molecule has 1 aliphatic carbocycles. The van der Waals surface area contributed by atoms with Crippen molar-refractivity contribution in [2.24, 2.45) is 0 Å². The van der Waals surface area contributed by atoms with Crippen LogP contribution < -0.4 is 5.32 Å². The highest BCUT2D eigenvalue weighted by atomic mass is 16.1. The molecule has 1 fully saturated rings. The maximum atomic E-state index is 12.6. The Kier molecular flexibility index (Phi) is 4.38. The second-order valence-corrected chi connectivity index (χ2v) is 5.73. The topological polar surface area (TPSA) is 29.1 Å². The molecule has 1 heterocycles. The average Bonchev–Trinajstić information content (AvgIpc) is 2.29. The molecule has 17 heavy (non-hydrogen) atoms. The van der Waals surface area contributed by atoms with E-state index in [4.69, 9.17) is 0 Å². The molecule has 0 aromatic heterocycles. The number of Topliss-reactive ketones (excluding diaryl/α,β-unsaturated/α-hetero) is 1. The fraction of sp³-hybridized carbons (Fsp3) is 0.800. The van der Waals surface area contributed by atoms with Gasteiger partial charge in [-0.15, -0.1) is 0 Å². The van der Waals surface area contributed by atoms with Gasteiger partial charge < -0.3 is 5.32 Å². The van der Waals surface area contributed by atoms with E-state index < -0.39 is 0 Å². The molecule has 2 rings (SSSR count). The highest BCUT2D eigenvalue weighted by molar-refractivity contribution is 6.02. The summed E-state index contributed by atoms with van der Waals surface area (Å²) >= 11 is 0. The lowest BCUT2D eigenvalue weighted by Crippen LogP contribution is -2.52. The fourth-order valence-electron chi connectivity index (χ4n) is 3.00. The second-order valence-electron chi connectivity index (χ2n) is 5.73. The molecule has 2 aliphatic rings. The molecule has 0 aromatic rings. The maximum absolute atomic E-state index is 12.6. The molecule has 0 aromatic carbocycles. The van der Waals surface area contributed by atoms with E-state index in [1.807, 2.05) is 0 Å². The lowest BCUT2D eigenvalue weighted by molar-refractivity contribution is -0.122. The van der Waals surface area contributed by atoms with Gasteiger partial charge in [0.25, 0.3) is 0 Å². The Morgan fingerprint density at radius 1 is 1.18 bits per heavy atom. The van der Waals surface area contributed by atoms with Crippen molar-refractivity contribution >= 4 is 5.78 Å². The van der Waals surface area contributed by atoms with Gasteiger partial charge in [-0.2, -0.15) is 0 Å². The van der Waals surface area contributed by atoms with E-state index in [1.165, 1.54) is 38.5 Å². The Hall–Kier alpha value is -0.630. The van der Waals surface area contributed by atoms with Gasteiger partial charge in [0, 0.05) is 0 Å². The van der Waals surface area contributed by atoms with Crippen LogP contribution in [-0.2, 0) is 4.79 Å². The van der Waals surface area contributed by atoms with Gasteiger partial charge in [0.2, 0.25) is 0 Å². The van der Waals surface area contributed by atoms with Crippen LogP contribution in [0.3, 0.4) is 0 Å². The van der Waals surface area contributed by atoms with Gasteiger partial charge in [-0.25, -0.2) is 0 Å². The van der Waals surface area contributed by atoms with Crippen LogP contribution >= 0.6 is 0 Å². The minimum atomic E-state index is -0.275. The number of allylic oxidation sites excluding steroid dienone is 1. The molecular formula is C15H25NO. The number of hydrogen-bond donors (Lipinski definition) is 1. The summed E-state index contributed by atoms with van der Waals surface area (Å²) < 4.78 is 0. The van der Waals surface area contributed by atoms with E-state index in [-0.39, 0.29) is 5.54 Å². The first-order chi connectivity index (χ1) is 8.22. The first kappa shape index (κ1) is 12.8. The monoisotopic (exact) mass is 235 g/mol. The van der Waals surface area contributed by atoms with E-state index >= 15 is 0 Å². The lowest BCUT2D eigenvalue weighted by Gasteiger charge is -2.34. The fourth-order valence-corrected chi connectivity index (χ4v) is 3.00. The number of carbonyl (C=O) groups excluding carboxylic acids is 1.